The molecule has 13 nitrogen and oxygen atoms in total. The molecule has 55 heavy (non-hydrogen) atoms. The molecule has 0 bridgehead atoms. The number of halogens is 6. The molecule has 1 fully saturated rings. The number of aliphatic hydroxyl groups is 2. The SMILES string of the molecule is COc1cccc2c1C(=O)c1c(O)c3c(c(O)c1C2=O)CC(O)(/C(C)=N/NC(=O)c1cc(C(F)(F)F)cc(C(F)(F)F)c1)CC3OC1CC(N)C(O)C(C)O1. The van der Waals surface area contributed by atoms with E-state index in [0.29, 0.717) is 0 Å². The molecule has 0 aromatic heterocycles. The van der Waals surface area contributed by atoms with Gasteiger partial charge in [0.2, 0.25) is 5.78 Å². The number of nitrogens with zero attached hydrogens (tertiary/aromatic N) is 1. The number of ketones is 2. The number of benzene rings is 3. The van der Waals surface area contributed by atoms with Crippen LogP contribution in [0, 0.1) is 0 Å². The number of carbonyl (C=O) groups is 3. The van der Waals surface area contributed by atoms with E-state index < -0.39 is 124 Å². The van der Waals surface area contributed by atoms with Crippen LogP contribution in [-0.2, 0) is 28.2 Å². The molecule has 0 saturated carbocycles. The van der Waals surface area contributed by atoms with E-state index >= 15 is 0 Å². The Morgan fingerprint density at radius 2 is 1.62 bits per heavy atom. The van der Waals surface area contributed by atoms with Crippen molar-refractivity contribution in [3.8, 4) is 17.2 Å². The molecule has 1 aliphatic heterocycles. The van der Waals surface area contributed by atoms with Gasteiger partial charge in [0, 0.05) is 47.6 Å². The Morgan fingerprint density at radius 3 is 2.20 bits per heavy atom. The van der Waals surface area contributed by atoms with Crippen LogP contribution in [0.5, 0.6) is 17.2 Å². The molecule has 2 aliphatic carbocycles. The molecule has 3 aliphatic rings. The van der Waals surface area contributed by atoms with Gasteiger partial charge in [0.1, 0.15) is 22.8 Å². The third-order valence-corrected chi connectivity index (χ3v) is 9.99. The quantitative estimate of drug-likeness (QED) is 0.0704. The number of ether oxygens (including phenoxy) is 3. The molecule has 0 spiro atoms. The largest absolute Gasteiger partial charge is 0.507 e. The van der Waals surface area contributed by atoms with Crippen molar-refractivity contribution in [2.45, 2.75) is 81.7 Å². The number of phenolic OH excluding ortho intramolecular Hbond substituents is 2. The molecule has 1 heterocycles. The highest BCUT2D eigenvalue weighted by molar-refractivity contribution is 6.31. The van der Waals surface area contributed by atoms with Crippen LogP contribution in [0.15, 0.2) is 41.5 Å². The molecule has 294 valence electrons. The van der Waals surface area contributed by atoms with Crippen LogP contribution in [0.1, 0.15) is 97.2 Å². The first-order chi connectivity index (χ1) is 25.6. The molecule has 6 atom stereocenters. The number of phenols is 2. The lowest BCUT2D eigenvalue weighted by Gasteiger charge is -2.42. The lowest BCUT2D eigenvalue weighted by molar-refractivity contribution is -0.245. The first kappa shape index (κ1) is 39.6. The summed E-state index contributed by atoms with van der Waals surface area (Å²) in [5.41, 5.74) is -1.41. The number of aromatic hydroxyl groups is 2. The third kappa shape index (κ3) is 7.01. The maximum absolute atomic E-state index is 13.9. The summed E-state index contributed by atoms with van der Waals surface area (Å²) < 4.78 is 97.8. The van der Waals surface area contributed by atoms with Gasteiger partial charge in [-0.05, 0) is 38.1 Å². The molecular formula is C36H33F6N3O10. The summed E-state index contributed by atoms with van der Waals surface area (Å²) >= 11 is 0. The fourth-order valence-electron chi connectivity index (χ4n) is 7.06. The normalized spacial score (nSPS) is 25.5. The molecule has 3 aromatic rings. The second-order valence-corrected chi connectivity index (χ2v) is 13.5. The van der Waals surface area contributed by atoms with Gasteiger partial charge in [-0.15, -0.1) is 0 Å². The van der Waals surface area contributed by atoms with E-state index in [-0.39, 0.29) is 52.6 Å². The molecule has 1 amide bonds. The summed E-state index contributed by atoms with van der Waals surface area (Å²) in [4.78, 5) is 40.7. The summed E-state index contributed by atoms with van der Waals surface area (Å²) in [7, 11) is 1.26. The number of methoxy groups -OCH3 is 1. The Balaban J connectivity index is 1.43. The second-order valence-electron chi connectivity index (χ2n) is 13.5. The highest BCUT2D eigenvalue weighted by Crippen LogP contribution is 2.52. The van der Waals surface area contributed by atoms with Gasteiger partial charge >= 0.3 is 12.4 Å². The van der Waals surface area contributed by atoms with Crippen LogP contribution in [0.4, 0.5) is 26.3 Å². The zero-order valence-corrected chi connectivity index (χ0v) is 29.0. The molecule has 1 saturated heterocycles. The highest BCUT2D eigenvalue weighted by Gasteiger charge is 2.49. The maximum Gasteiger partial charge on any atom is 0.416 e. The lowest BCUT2D eigenvalue weighted by Crippen LogP contribution is -2.52. The van der Waals surface area contributed by atoms with Crippen molar-refractivity contribution in [1.82, 2.24) is 5.43 Å². The minimum atomic E-state index is -5.25. The summed E-state index contributed by atoms with van der Waals surface area (Å²) in [5, 5.41) is 49.6. The number of carbonyl (C=O) groups excluding carboxylic acids is 3. The monoisotopic (exact) mass is 781 g/mol. The van der Waals surface area contributed by atoms with Crippen LogP contribution in [-0.4, -0.2) is 80.9 Å². The molecule has 7 N–H and O–H groups in total. The van der Waals surface area contributed by atoms with Gasteiger partial charge in [0.05, 0.1) is 59.0 Å². The predicted octanol–water partition coefficient (Wildman–Crippen LogP) is 4.28. The number of hydrazone groups is 1. The average Bonchev–Trinajstić information content (AvgIpc) is 3.11. The van der Waals surface area contributed by atoms with Gasteiger partial charge in [-0.3, -0.25) is 14.4 Å². The Bertz CT molecular complexity index is 2090. The highest BCUT2D eigenvalue weighted by atomic mass is 19.4. The van der Waals surface area contributed by atoms with E-state index in [4.69, 9.17) is 19.9 Å². The number of alkyl halides is 6. The van der Waals surface area contributed by atoms with E-state index in [0.717, 1.165) is 6.92 Å². The van der Waals surface area contributed by atoms with Crippen LogP contribution in [0.25, 0.3) is 0 Å². The molecular weight excluding hydrogens is 748 g/mol. The van der Waals surface area contributed by atoms with Crippen molar-refractivity contribution in [2.75, 3.05) is 7.11 Å². The van der Waals surface area contributed by atoms with E-state index in [1.54, 1.807) is 0 Å². The van der Waals surface area contributed by atoms with Gasteiger partial charge in [-0.2, -0.15) is 31.4 Å². The van der Waals surface area contributed by atoms with Gasteiger partial charge in [0.15, 0.2) is 12.1 Å². The van der Waals surface area contributed by atoms with Crippen molar-refractivity contribution in [3.63, 3.8) is 0 Å². The Labute approximate surface area is 307 Å². The minimum absolute atomic E-state index is 0.00562. The number of nitrogens with one attached hydrogen (secondary N) is 1. The van der Waals surface area contributed by atoms with E-state index in [9.17, 15) is 61.2 Å². The second kappa shape index (κ2) is 13.9. The lowest BCUT2D eigenvalue weighted by atomic mass is 9.71. The number of fused-ring (bicyclic) bond motifs is 3. The van der Waals surface area contributed by atoms with E-state index in [2.05, 4.69) is 5.10 Å². The number of rotatable bonds is 6. The zero-order chi connectivity index (χ0) is 40.5. The smallest absolute Gasteiger partial charge is 0.416 e. The summed E-state index contributed by atoms with van der Waals surface area (Å²) in [6, 6.07) is 3.50. The molecule has 19 heteroatoms. The number of hydrogen-bond acceptors (Lipinski definition) is 12. The molecule has 6 unspecified atom stereocenters. The van der Waals surface area contributed by atoms with Crippen molar-refractivity contribution in [1.29, 1.82) is 0 Å². The first-order valence-corrected chi connectivity index (χ1v) is 16.6. The van der Waals surface area contributed by atoms with Crippen LogP contribution in [0.2, 0.25) is 0 Å². The van der Waals surface area contributed by atoms with Gasteiger partial charge in [0.25, 0.3) is 5.91 Å². The van der Waals surface area contributed by atoms with Crippen molar-refractivity contribution in [3.05, 3.63) is 86.5 Å². The molecule has 3 aromatic carbocycles. The summed E-state index contributed by atoms with van der Waals surface area (Å²) in [6.45, 7) is 2.65. The van der Waals surface area contributed by atoms with Crippen LogP contribution >= 0.6 is 0 Å². The topological polar surface area (TPSA) is 210 Å². The average molecular weight is 782 g/mol. The third-order valence-electron chi connectivity index (χ3n) is 9.99. The van der Waals surface area contributed by atoms with Crippen molar-refractivity contribution < 1.29 is 75.4 Å². The van der Waals surface area contributed by atoms with Crippen LogP contribution in [0.3, 0.4) is 0 Å². The summed E-state index contributed by atoms with van der Waals surface area (Å²) in [5.74, 6) is -4.88. The number of aliphatic hydroxyl groups excluding tert-OH is 1. The minimum Gasteiger partial charge on any atom is -0.507 e. The fourth-order valence-corrected chi connectivity index (χ4v) is 7.06. The Kier molecular flexibility index (Phi) is 10.0. The van der Waals surface area contributed by atoms with E-state index in [1.165, 1.54) is 32.2 Å². The predicted molar refractivity (Wildman–Crippen MR) is 177 cm³/mol. The summed E-state index contributed by atoms with van der Waals surface area (Å²) in [6.07, 6.45) is -16.5. The molecule has 0 radical (unpaired) electrons. The van der Waals surface area contributed by atoms with Gasteiger partial charge in [-0.1, -0.05) is 12.1 Å². The van der Waals surface area contributed by atoms with Gasteiger partial charge in [-0.25, -0.2) is 5.43 Å². The van der Waals surface area contributed by atoms with Crippen molar-refractivity contribution in [2.24, 2.45) is 10.8 Å². The zero-order valence-electron chi connectivity index (χ0n) is 29.0. The number of amides is 1. The fraction of sp³-hybridized carbons (Fsp3) is 0.389. The Morgan fingerprint density at radius 1 is 1.00 bits per heavy atom. The number of hydrogen-bond donors (Lipinski definition) is 6. The first-order valence-electron chi connectivity index (χ1n) is 16.6. The standard InChI is InChI=1S/C36H33F6N3O10/c1-13-28(46)20(43)10-23(54-13)55-22-12-34(52,14(2)44-45-33(51)15-7-16(35(37,38)39)9-17(8-15)36(40,41)42)11-19-25(22)32(50)27-26(30(19)48)29(47)18-5-4-6-21(53-3)24(18)31(27)49/h4-9,13,20,22-23,28,46,48,50,52H,10-12,43H2,1-3H3,(H,45,51)/b44-14+. The maximum atomic E-state index is 13.9. The Hall–Kier alpha value is -5.08. The van der Waals surface area contributed by atoms with Crippen LogP contribution < -0.4 is 15.9 Å². The molecule has 6 rings (SSSR count). The van der Waals surface area contributed by atoms with Gasteiger partial charge < -0.3 is 40.4 Å². The van der Waals surface area contributed by atoms with Crippen molar-refractivity contribution >= 4 is 23.2 Å². The number of nitrogens with two attached hydrogens (primary N) is 1. The van der Waals surface area contributed by atoms with E-state index in [1.807, 2.05) is 5.43 Å².